The Kier molecular flexibility index (Phi) is 3.42. The molecule has 1 saturated heterocycles. The van der Waals surface area contributed by atoms with Crippen LogP contribution in [0.1, 0.15) is 29.9 Å². The smallest absolute Gasteiger partial charge is 0.127 e. The fourth-order valence-corrected chi connectivity index (χ4v) is 2.81. The first-order chi connectivity index (χ1) is 7.20. The minimum Gasteiger partial charge on any atom is -0.317 e. The summed E-state index contributed by atoms with van der Waals surface area (Å²) in [5.41, 5.74) is 1.99. The highest BCUT2D eigenvalue weighted by atomic mass is 79.9. The van der Waals surface area contributed by atoms with Crippen LogP contribution in [-0.2, 0) is 0 Å². The minimum atomic E-state index is -0.0700. The Morgan fingerprint density at radius 1 is 1.33 bits per heavy atom. The van der Waals surface area contributed by atoms with Gasteiger partial charge in [0.1, 0.15) is 5.82 Å². The fraction of sp³-hybridized carbons (Fsp3) is 0.500. The average Bonchev–Trinajstić information content (AvgIpc) is 2.26. The van der Waals surface area contributed by atoms with Gasteiger partial charge in [-0.2, -0.15) is 0 Å². The first-order valence-corrected chi connectivity index (χ1v) is 6.14. The van der Waals surface area contributed by atoms with Crippen LogP contribution >= 0.6 is 15.9 Å². The standard InChI is InChI=1S/C12H15BrFN/c1-8-2-3-10(14)11(12(8)13)9-4-6-15-7-5-9/h2-3,9,15H,4-7H2,1H3. The molecular weight excluding hydrogens is 257 g/mol. The van der Waals surface area contributed by atoms with Gasteiger partial charge in [0.15, 0.2) is 0 Å². The number of rotatable bonds is 1. The molecule has 0 unspecified atom stereocenters. The highest BCUT2D eigenvalue weighted by Crippen LogP contribution is 2.34. The molecule has 1 N–H and O–H groups in total. The quantitative estimate of drug-likeness (QED) is 0.826. The van der Waals surface area contributed by atoms with E-state index in [1.165, 1.54) is 0 Å². The number of benzene rings is 1. The largest absolute Gasteiger partial charge is 0.317 e. The van der Waals surface area contributed by atoms with Gasteiger partial charge in [-0.15, -0.1) is 0 Å². The van der Waals surface area contributed by atoms with Gasteiger partial charge < -0.3 is 5.32 Å². The molecule has 0 aliphatic carbocycles. The number of hydrogen-bond donors (Lipinski definition) is 1. The van der Waals surface area contributed by atoms with E-state index in [2.05, 4.69) is 21.2 Å². The minimum absolute atomic E-state index is 0.0700. The molecule has 1 aliphatic rings. The lowest BCUT2D eigenvalue weighted by Crippen LogP contribution is -2.27. The third-order valence-corrected chi connectivity index (χ3v) is 4.12. The van der Waals surface area contributed by atoms with Crippen molar-refractivity contribution in [3.05, 3.63) is 33.5 Å². The summed E-state index contributed by atoms with van der Waals surface area (Å²) in [7, 11) is 0. The van der Waals surface area contributed by atoms with Crippen molar-refractivity contribution in [2.75, 3.05) is 13.1 Å². The topological polar surface area (TPSA) is 12.0 Å². The van der Waals surface area contributed by atoms with Crippen molar-refractivity contribution in [2.45, 2.75) is 25.7 Å². The fourth-order valence-electron chi connectivity index (χ4n) is 2.16. The van der Waals surface area contributed by atoms with Crippen LogP contribution in [0, 0.1) is 12.7 Å². The Hall–Kier alpha value is -0.410. The Morgan fingerprint density at radius 2 is 2.00 bits per heavy atom. The van der Waals surface area contributed by atoms with Crippen molar-refractivity contribution >= 4 is 15.9 Å². The maximum atomic E-state index is 13.8. The van der Waals surface area contributed by atoms with Crippen molar-refractivity contribution in [1.29, 1.82) is 0 Å². The number of hydrogen-bond acceptors (Lipinski definition) is 1. The predicted molar refractivity (Wildman–Crippen MR) is 63.7 cm³/mol. The summed E-state index contributed by atoms with van der Waals surface area (Å²) in [5, 5.41) is 3.30. The maximum Gasteiger partial charge on any atom is 0.127 e. The van der Waals surface area contributed by atoms with Gasteiger partial charge in [-0.3, -0.25) is 0 Å². The molecule has 15 heavy (non-hydrogen) atoms. The molecule has 1 aromatic rings. The molecule has 1 heterocycles. The van der Waals surface area contributed by atoms with Gasteiger partial charge >= 0.3 is 0 Å². The van der Waals surface area contributed by atoms with Crippen molar-refractivity contribution in [3.8, 4) is 0 Å². The van der Waals surface area contributed by atoms with E-state index in [4.69, 9.17) is 0 Å². The zero-order chi connectivity index (χ0) is 10.8. The Labute approximate surface area is 98.2 Å². The Balaban J connectivity index is 2.36. The first kappa shape index (κ1) is 11.1. The van der Waals surface area contributed by atoms with Crippen molar-refractivity contribution in [1.82, 2.24) is 5.32 Å². The number of nitrogens with one attached hydrogen (secondary N) is 1. The number of halogens is 2. The van der Waals surface area contributed by atoms with Gasteiger partial charge in [0.2, 0.25) is 0 Å². The van der Waals surface area contributed by atoms with Crippen LogP contribution in [0.5, 0.6) is 0 Å². The van der Waals surface area contributed by atoms with Gasteiger partial charge in [0.25, 0.3) is 0 Å². The summed E-state index contributed by atoms with van der Waals surface area (Å²) in [5.74, 6) is 0.292. The lowest BCUT2D eigenvalue weighted by molar-refractivity contribution is 0.443. The van der Waals surface area contributed by atoms with Crippen LogP contribution in [0.15, 0.2) is 16.6 Å². The van der Waals surface area contributed by atoms with E-state index < -0.39 is 0 Å². The van der Waals surface area contributed by atoms with Crippen molar-refractivity contribution < 1.29 is 4.39 Å². The summed E-state index contributed by atoms with van der Waals surface area (Å²) < 4.78 is 14.7. The van der Waals surface area contributed by atoms with E-state index in [0.717, 1.165) is 41.5 Å². The molecule has 0 atom stereocenters. The third-order valence-electron chi connectivity index (χ3n) is 3.07. The molecule has 1 nitrogen and oxygen atoms in total. The zero-order valence-electron chi connectivity index (χ0n) is 8.82. The molecule has 2 rings (SSSR count). The second kappa shape index (κ2) is 4.62. The van der Waals surface area contributed by atoms with Gasteiger partial charge in [-0.25, -0.2) is 4.39 Å². The van der Waals surface area contributed by atoms with E-state index in [1.807, 2.05) is 13.0 Å². The summed E-state index contributed by atoms with van der Waals surface area (Å²) in [6, 6.07) is 3.40. The van der Waals surface area contributed by atoms with E-state index in [9.17, 15) is 4.39 Å². The monoisotopic (exact) mass is 271 g/mol. The summed E-state index contributed by atoms with van der Waals surface area (Å²) in [4.78, 5) is 0. The summed E-state index contributed by atoms with van der Waals surface area (Å²) >= 11 is 3.51. The molecule has 0 bridgehead atoms. The Morgan fingerprint density at radius 3 is 2.67 bits per heavy atom. The van der Waals surface area contributed by atoms with Crippen LogP contribution in [0.4, 0.5) is 4.39 Å². The highest BCUT2D eigenvalue weighted by Gasteiger charge is 2.21. The molecule has 0 radical (unpaired) electrons. The van der Waals surface area contributed by atoms with Crippen molar-refractivity contribution in [2.24, 2.45) is 0 Å². The van der Waals surface area contributed by atoms with E-state index in [-0.39, 0.29) is 5.82 Å². The van der Waals surface area contributed by atoms with Crippen LogP contribution in [0.2, 0.25) is 0 Å². The average molecular weight is 272 g/mol. The van der Waals surface area contributed by atoms with Gasteiger partial charge in [0.05, 0.1) is 0 Å². The summed E-state index contributed by atoms with van der Waals surface area (Å²) in [6.07, 6.45) is 2.05. The van der Waals surface area contributed by atoms with Crippen LogP contribution in [0.25, 0.3) is 0 Å². The van der Waals surface area contributed by atoms with Gasteiger partial charge in [0, 0.05) is 10.0 Å². The molecular formula is C12H15BrFN. The maximum absolute atomic E-state index is 13.8. The van der Waals surface area contributed by atoms with E-state index in [0.29, 0.717) is 5.92 Å². The Bertz CT molecular complexity index is 359. The highest BCUT2D eigenvalue weighted by molar-refractivity contribution is 9.10. The number of aryl methyl sites for hydroxylation is 1. The van der Waals surface area contributed by atoms with Gasteiger partial charge in [-0.1, -0.05) is 22.0 Å². The lowest BCUT2D eigenvalue weighted by atomic mass is 9.89. The second-order valence-corrected chi connectivity index (χ2v) is 4.91. The number of piperidine rings is 1. The van der Waals surface area contributed by atoms with Crippen LogP contribution in [-0.4, -0.2) is 13.1 Å². The molecule has 82 valence electrons. The molecule has 1 aromatic carbocycles. The molecule has 0 spiro atoms. The van der Waals surface area contributed by atoms with Gasteiger partial charge in [-0.05, 0) is 50.4 Å². The molecule has 3 heteroatoms. The normalized spacial score (nSPS) is 18.1. The van der Waals surface area contributed by atoms with Crippen molar-refractivity contribution in [3.63, 3.8) is 0 Å². The lowest BCUT2D eigenvalue weighted by Gasteiger charge is -2.24. The molecule has 1 fully saturated rings. The molecule has 0 saturated carbocycles. The second-order valence-electron chi connectivity index (χ2n) is 4.12. The molecule has 1 aliphatic heterocycles. The zero-order valence-corrected chi connectivity index (χ0v) is 10.4. The predicted octanol–water partition coefficient (Wildman–Crippen LogP) is 3.36. The SMILES string of the molecule is Cc1ccc(F)c(C2CCNCC2)c1Br. The van der Waals surface area contributed by atoms with Crippen LogP contribution in [0.3, 0.4) is 0 Å². The third kappa shape index (κ3) is 2.23. The molecule has 0 amide bonds. The van der Waals surface area contributed by atoms with Crippen LogP contribution < -0.4 is 5.32 Å². The summed E-state index contributed by atoms with van der Waals surface area (Å²) in [6.45, 7) is 3.99. The van der Waals surface area contributed by atoms with E-state index in [1.54, 1.807) is 6.07 Å². The first-order valence-electron chi connectivity index (χ1n) is 5.35. The molecule has 0 aromatic heterocycles. The van der Waals surface area contributed by atoms with E-state index >= 15 is 0 Å².